The lowest BCUT2D eigenvalue weighted by molar-refractivity contribution is 0.524. The molecule has 5 nitrogen and oxygen atoms in total. The first-order chi connectivity index (χ1) is 12.2. The summed E-state index contributed by atoms with van der Waals surface area (Å²) in [4.78, 5) is 4.74. The van der Waals surface area contributed by atoms with E-state index in [1.165, 1.54) is 0 Å². The zero-order chi connectivity index (χ0) is 19.1. The van der Waals surface area contributed by atoms with E-state index in [1.54, 1.807) is 37.3 Å². The van der Waals surface area contributed by atoms with Crippen molar-refractivity contribution < 1.29 is 8.42 Å². The van der Waals surface area contributed by atoms with Crippen molar-refractivity contribution in [3.05, 3.63) is 52.8 Å². The predicted molar refractivity (Wildman–Crippen MR) is 106 cm³/mol. The van der Waals surface area contributed by atoms with Gasteiger partial charge in [-0.15, -0.1) is 0 Å². The summed E-state index contributed by atoms with van der Waals surface area (Å²) in [7, 11) is -3.73. The lowest BCUT2D eigenvalue weighted by atomic mass is 10.2. The molecule has 0 saturated carbocycles. The summed E-state index contributed by atoms with van der Waals surface area (Å²) in [5, 5.41) is 0.423. The molecule has 0 aliphatic heterocycles. The molecular weight excluding hydrogens is 370 g/mol. The number of hydrogen-bond donors (Lipinski definition) is 1. The van der Waals surface area contributed by atoms with Crippen molar-refractivity contribution in [2.75, 3.05) is 4.72 Å². The zero-order valence-electron chi connectivity index (χ0n) is 15.2. The fourth-order valence-electron chi connectivity index (χ4n) is 3.00. The van der Waals surface area contributed by atoms with Gasteiger partial charge in [-0.2, -0.15) is 0 Å². The van der Waals surface area contributed by atoms with Gasteiger partial charge in [0.15, 0.2) is 0 Å². The summed E-state index contributed by atoms with van der Waals surface area (Å²) in [5.41, 5.74) is 2.77. The van der Waals surface area contributed by atoms with Crippen molar-refractivity contribution in [1.29, 1.82) is 0 Å². The number of aryl methyl sites for hydroxylation is 1. The Morgan fingerprint density at radius 2 is 1.92 bits per heavy atom. The minimum atomic E-state index is -3.73. The van der Waals surface area contributed by atoms with Crippen molar-refractivity contribution >= 4 is 38.3 Å². The van der Waals surface area contributed by atoms with Crippen LogP contribution in [0.15, 0.2) is 41.3 Å². The second-order valence-electron chi connectivity index (χ2n) is 6.84. The Morgan fingerprint density at radius 3 is 2.62 bits per heavy atom. The molecule has 1 N–H and O–H groups in total. The fraction of sp³-hybridized carbons (Fsp3) is 0.316. The maximum atomic E-state index is 12.7. The summed E-state index contributed by atoms with van der Waals surface area (Å²) in [6.45, 7) is 8.83. The number of aromatic nitrogens is 2. The van der Waals surface area contributed by atoms with E-state index < -0.39 is 10.0 Å². The van der Waals surface area contributed by atoms with Gasteiger partial charge >= 0.3 is 0 Å². The highest BCUT2D eigenvalue weighted by molar-refractivity contribution is 7.92. The van der Waals surface area contributed by atoms with Crippen LogP contribution in [0.5, 0.6) is 0 Å². The molecule has 0 saturated heterocycles. The van der Waals surface area contributed by atoms with Gasteiger partial charge in [-0.3, -0.25) is 4.72 Å². The third-order valence-corrected chi connectivity index (χ3v) is 6.18. The van der Waals surface area contributed by atoms with E-state index in [9.17, 15) is 8.42 Å². The monoisotopic (exact) mass is 391 g/mol. The number of nitrogens with one attached hydrogen (secondary N) is 1. The van der Waals surface area contributed by atoms with E-state index in [2.05, 4.69) is 28.1 Å². The van der Waals surface area contributed by atoms with Gasteiger partial charge in [0.25, 0.3) is 10.0 Å². The molecule has 7 heteroatoms. The predicted octanol–water partition coefficient (Wildman–Crippen LogP) is 4.76. The maximum Gasteiger partial charge on any atom is 0.262 e. The van der Waals surface area contributed by atoms with Gasteiger partial charge in [-0.1, -0.05) is 31.5 Å². The first-order valence-electron chi connectivity index (χ1n) is 8.44. The quantitative estimate of drug-likeness (QED) is 0.681. The van der Waals surface area contributed by atoms with E-state index in [1.807, 2.05) is 13.0 Å². The van der Waals surface area contributed by atoms with Crippen LogP contribution in [-0.2, 0) is 16.6 Å². The van der Waals surface area contributed by atoms with Gasteiger partial charge < -0.3 is 4.57 Å². The molecule has 1 heterocycles. The van der Waals surface area contributed by atoms with Crippen LogP contribution in [0.3, 0.4) is 0 Å². The van der Waals surface area contributed by atoms with Crippen molar-refractivity contribution in [3.63, 3.8) is 0 Å². The number of nitrogens with zero attached hydrogens (tertiary/aromatic N) is 2. The molecule has 0 fully saturated rings. The van der Waals surface area contributed by atoms with Crippen LogP contribution in [0.1, 0.15) is 25.2 Å². The van der Waals surface area contributed by atoms with E-state index >= 15 is 0 Å². The van der Waals surface area contributed by atoms with Crippen molar-refractivity contribution in [3.8, 4) is 0 Å². The van der Waals surface area contributed by atoms with E-state index in [0.717, 1.165) is 23.4 Å². The summed E-state index contributed by atoms with van der Waals surface area (Å²) in [5.74, 6) is 1.41. The van der Waals surface area contributed by atoms with Crippen LogP contribution in [0.4, 0.5) is 5.69 Å². The van der Waals surface area contributed by atoms with E-state index in [4.69, 9.17) is 11.6 Å². The Labute approximate surface area is 159 Å². The maximum absolute atomic E-state index is 12.7. The summed E-state index contributed by atoms with van der Waals surface area (Å²) < 4.78 is 30.2. The SMILES string of the molecule is Cc1c(Cl)cccc1S(=O)(=O)Nc1ccc2c(c1)nc(C)n2CC(C)C. The summed E-state index contributed by atoms with van der Waals surface area (Å²) >= 11 is 6.06. The first kappa shape index (κ1) is 18.7. The fourth-order valence-corrected chi connectivity index (χ4v) is 4.55. The second-order valence-corrected chi connectivity index (χ2v) is 8.89. The van der Waals surface area contributed by atoms with Gasteiger partial charge in [0.05, 0.1) is 21.6 Å². The average Bonchev–Trinajstić information content (AvgIpc) is 2.84. The standard InChI is InChI=1S/C19H22ClN3O2S/c1-12(2)11-23-14(4)21-17-10-15(8-9-18(17)23)22-26(24,25)19-7-5-6-16(20)13(19)3/h5-10,12,22H,11H2,1-4H3. The number of sulfonamides is 1. The molecule has 0 aliphatic carbocycles. The third-order valence-electron chi connectivity index (χ3n) is 4.25. The molecule has 0 radical (unpaired) electrons. The molecule has 0 bridgehead atoms. The molecule has 0 unspecified atom stereocenters. The van der Waals surface area contributed by atoms with Gasteiger partial charge in [0.1, 0.15) is 5.82 Å². The highest BCUT2D eigenvalue weighted by Crippen LogP contribution is 2.27. The summed E-state index contributed by atoms with van der Waals surface area (Å²) in [6, 6.07) is 10.3. The zero-order valence-corrected chi connectivity index (χ0v) is 16.8. The Morgan fingerprint density at radius 1 is 1.19 bits per heavy atom. The molecule has 3 rings (SSSR count). The minimum Gasteiger partial charge on any atom is -0.328 e. The number of anilines is 1. The van der Waals surface area contributed by atoms with Crippen LogP contribution in [0.2, 0.25) is 5.02 Å². The van der Waals surface area contributed by atoms with Crippen molar-refractivity contribution in [1.82, 2.24) is 9.55 Å². The molecule has 0 amide bonds. The van der Waals surface area contributed by atoms with E-state index in [-0.39, 0.29) is 4.90 Å². The van der Waals surface area contributed by atoms with Crippen molar-refractivity contribution in [2.24, 2.45) is 5.92 Å². The Balaban J connectivity index is 1.98. The van der Waals surface area contributed by atoms with Gasteiger partial charge in [0.2, 0.25) is 0 Å². The van der Waals surface area contributed by atoms with Gasteiger partial charge in [-0.25, -0.2) is 13.4 Å². The number of halogens is 1. The smallest absolute Gasteiger partial charge is 0.262 e. The lowest BCUT2D eigenvalue weighted by Crippen LogP contribution is -2.14. The molecular formula is C19H22ClN3O2S. The molecule has 0 spiro atoms. The molecule has 3 aromatic rings. The van der Waals surface area contributed by atoms with Crippen LogP contribution in [0, 0.1) is 19.8 Å². The first-order valence-corrected chi connectivity index (χ1v) is 10.3. The van der Waals surface area contributed by atoms with E-state index in [0.29, 0.717) is 22.2 Å². The molecule has 0 aliphatic rings. The molecule has 138 valence electrons. The number of fused-ring (bicyclic) bond motifs is 1. The van der Waals surface area contributed by atoms with Crippen LogP contribution < -0.4 is 4.72 Å². The Bertz CT molecular complexity index is 1070. The minimum absolute atomic E-state index is 0.173. The molecule has 0 atom stereocenters. The number of imidazole rings is 1. The Hall–Kier alpha value is -2.05. The van der Waals surface area contributed by atoms with Crippen molar-refractivity contribution in [2.45, 2.75) is 39.1 Å². The molecule has 26 heavy (non-hydrogen) atoms. The van der Waals surface area contributed by atoms with Crippen LogP contribution >= 0.6 is 11.6 Å². The summed E-state index contributed by atoms with van der Waals surface area (Å²) in [6.07, 6.45) is 0. The van der Waals surface area contributed by atoms with Gasteiger partial charge in [-0.05, 0) is 55.7 Å². The highest BCUT2D eigenvalue weighted by Gasteiger charge is 2.19. The van der Waals surface area contributed by atoms with Crippen LogP contribution in [0.25, 0.3) is 11.0 Å². The molecule has 1 aromatic heterocycles. The average molecular weight is 392 g/mol. The third kappa shape index (κ3) is 3.57. The topological polar surface area (TPSA) is 64.0 Å². The van der Waals surface area contributed by atoms with Gasteiger partial charge in [0, 0.05) is 11.6 Å². The lowest BCUT2D eigenvalue weighted by Gasteiger charge is -2.12. The molecule has 2 aromatic carbocycles. The highest BCUT2D eigenvalue weighted by atomic mass is 35.5. The van der Waals surface area contributed by atoms with Crippen LogP contribution in [-0.4, -0.2) is 18.0 Å². The largest absolute Gasteiger partial charge is 0.328 e. The Kier molecular flexibility index (Phi) is 4.99. The normalized spacial score (nSPS) is 12.1. The number of hydrogen-bond acceptors (Lipinski definition) is 3. The number of rotatable bonds is 5. The number of benzene rings is 2. The second kappa shape index (κ2) is 6.93.